The largest absolute Gasteiger partial charge is 0.479 e. The van der Waals surface area contributed by atoms with Gasteiger partial charge in [0.05, 0.1) is 0 Å². The molecule has 1 aromatic carbocycles. The molecule has 0 saturated heterocycles. The van der Waals surface area contributed by atoms with Gasteiger partial charge in [0.15, 0.2) is 0 Å². The van der Waals surface area contributed by atoms with Gasteiger partial charge in [-0.2, -0.15) is 0 Å². The van der Waals surface area contributed by atoms with Crippen LogP contribution in [0, 0.1) is 0 Å². The summed E-state index contributed by atoms with van der Waals surface area (Å²) in [6.45, 7) is 0. The van der Waals surface area contributed by atoms with Crippen LogP contribution in [-0.2, 0) is 4.79 Å². The molecule has 78 valence electrons. The zero-order valence-corrected chi connectivity index (χ0v) is 8.16. The van der Waals surface area contributed by atoms with Crippen molar-refractivity contribution in [3.05, 3.63) is 34.7 Å². The molecule has 1 N–H and O–H groups in total. The Morgan fingerprint density at radius 2 is 2.12 bits per heavy atom. The summed E-state index contributed by atoms with van der Waals surface area (Å²) in [7, 11) is 0. The van der Waals surface area contributed by atoms with E-state index in [0.29, 0.717) is 5.70 Å². The maximum atomic E-state index is 11.4. The topological polar surface area (TPSA) is 74.4 Å². The molecule has 0 radical (unpaired) electrons. The number of nitrogens with zero attached hydrogens (tertiary/aromatic N) is 3. The fourth-order valence-electron chi connectivity index (χ4n) is 1.98. The van der Waals surface area contributed by atoms with Crippen molar-refractivity contribution >= 4 is 24.1 Å². The van der Waals surface area contributed by atoms with Crippen molar-refractivity contribution in [2.45, 2.75) is 5.54 Å². The van der Waals surface area contributed by atoms with E-state index >= 15 is 0 Å². The quantitative estimate of drug-likeness (QED) is 0.707. The van der Waals surface area contributed by atoms with Crippen LogP contribution >= 0.6 is 0 Å². The molecule has 1 atom stereocenters. The van der Waals surface area contributed by atoms with Crippen molar-refractivity contribution in [1.82, 2.24) is 0 Å². The van der Waals surface area contributed by atoms with Gasteiger partial charge in [-0.25, -0.2) is 9.79 Å². The SMILES string of the molecule is O=C(O)C12C=c3ccccc3=C1N=NC=N2. The maximum absolute atomic E-state index is 11.4. The van der Waals surface area contributed by atoms with Gasteiger partial charge in [0.25, 0.3) is 0 Å². The summed E-state index contributed by atoms with van der Waals surface area (Å²) in [5.74, 6) is -1.03. The average molecular weight is 213 g/mol. The summed E-state index contributed by atoms with van der Waals surface area (Å²) in [5.41, 5.74) is -0.996. The third-order valence-corrected chi connectivity index (χ3v) is 2.74. The Hall–Kier alpha value is -2.30. The van der Waals surface area contributed by atoms with Crippen LogP contribution in [0.3, 0.4) is 0 Å². The molecule has 16 heavy (non-hydrogen) atoms. The van der Waals surface area contributed by atoms with Crippen LogP contribution in [0.1, 0.15) is 0 Å². The number of aliphatic carboxylic acids is 1. The van der Waals surface area contributed by atoms with Crippen LogP contribution in [0.25, 0.3) is 11.8 Å². The minimum Gasteiger partial charge on any atom is -0.479 e. The number of rotatable bonds is 1. The van der Waals surface area contributed by atoms with Crippen molar-refractivity contribution in [2.75, 3.05) is 0 Å². The minimum atomic E-state index is -1.38. The highest BCUT2D eigenvalue weighted by molar-refractivity contribution is 6.03. The lowest BCUT2D eigenvalue weighted by Crippen LogP contribution is -2.35. The number of fused-ring (bicyclic) bond motifs is 2. The van der Waals surface area contributed by atoms with E-state index in [0.717, 1.165) is 10.4 Å². The van der Waals surface area contributed by atoms with Crippen LogP contribution in [0.4, 0.5) is 0 Å². The Balaban J connectivity index is 2.46. The molecule has 1 heterocycles. The van der Waals surface area contributed by atoms with E-state index in [4.69, 9.17) is 0 Å². The van der Waals surface area contributed by atoms with Gasteiger partial charge in [0, 0.05) is 5.22 Å². The molecule has 0 amide bonds. The second-order valence-corrected chi connectivity index (χ2v) is 3.61. The zero-order valence-electron chi connectivity index (χ0n) is 8.16. The third kappa shape index (κ3) is 0.942. The van der Waals surface area contributed by atoms with Crippen LogP contribution < -0.4 is 10.4 Å². The van der Waals surface area contributed by atoms with Crippen molar-refractivity contribution in [1.29, 1.82) is 0 Å². The second kappa shape index (κ2) is 2.85. The molecule has 1 aromatic rings. The van der Waals surface area contributed by atoms with Gasteiger partial charge in [-0.1, -0.05) is 24.3 Å². The predicted molar refractivity (Wildman–Crippen MR) is 57.3 cm³/mol. The van der Waals surface area contributed by atoms with E-state index in [1.54, 1.807) is 6.08 Å². The average Bonchev–Trinajstić information content (AvgIpc) is 2.64. The van der Waals surface area contributed by atoms with Gasteiger partial charge in [-0.05, 0) is 11.3 Å². The molecule has 0 bridgehead atoms. The van der Waals surface area contributed by atoms with Crippen LogP contribution in [-0.4, -0.2) is 23.0 Å². The molecule has 2 aliphatic rings. The molecule has 5 heteroatoms. The molecule has 1 unspecified atom stereocenters. The summed E-state index contributed by atoms with van der Waals surface area (Å²) in [4.78, 5) is 15.3. The molecular formula is C11H7N3O2. The Kier molecular flexibility index (Phi) is 1.60. The van der Waals surface area contributed by atoms with Crippen LogP contribution in [0.2, 0.25) is 0 Å². The summed E-state index contributed by atoms with van der Waals surface area (Å²) in [6.07, 6.45) is 2.79. The molecule has 0 saturated carbocycles. The number of azo groups is 1. The number of hydrogen-bond donors (Lipinski definition) is 1. The van der Waals surface area contributed by atoms with Crippen molar-refractivity contribution in [3.8, 4) is 0 Å². The number of carbonyl (C=O) groups is 1. The van der Waals surface area contributed by atoms with E-state index in [1.165, 1.54) is 6.34 Å². The molecule has 0 aromatic heterocycles. The first-order chi connectivity index (χ1) is 7.74. The zero-order chi connectivity index (χ0) is 11.2. The predicted octanol–water partition coefficient (Wildman–Crippen LogP) is -0.0936. The Morgan fingerprint density at radius 3 is 2.94 bits per heavy atom. The smallest absolute Gasteiger partial charge is 0.342 e. The van der Waals surface area contributed by atoms with Crippen LogP contribution in [0.5, 0.6) is 0 Å². The second-order valence-electron chi connectivity index (χ2n) is 3.61. The third-order valence-electron chi connectivity index (χ3n) is 2.74. The van der Waals surface area contributed by atoms with E-state index < -0.39 is 11.5 Å². The van der Waals surface area contributed by atoms with Crippen molar-refractivity contribution in [2.24, 2.45) is 15.2 Å². The normalized spacial score (nSPS) is 24.9. The molecule has 5 nitrogen and oxygen atoms in total. The fraction of sp³-hybridized carbons (Fsp3) is 0.0909. The first-order valence-corrected chi connectivity index (χ1v) is 4.75. The van der Waals surface area contributed by atoms with Gasteiger partial charge < -0.3 is 5.11 Å². The minimum absolute atomic E-state index is 0.387. The summed E-state index contributed by atoms with van der Waals surface area (Å²) in [5, 5.41) is 18.5. The highest BCUT2D eigenvalue weighted by Gasteiger charge is 2.44. The lowest BCUT2D eigenvalue weighted by Gasteiger charge is -2.19. The number of hydrogen-bond acceptors (Lipinski definition) is 4. The highest BCUT2D eigenvalue weighted by Crippen LogP contribution is 2.30. The maximum Gasteiger partial charge on any atom is 0.342 e. The number of carboxylic acid groups (broad SMARTS) is 1. The first kappa shape index (κ1) is 8.96. The number of benzene rings is 1. The molecule has 0 spiro atoms. The fourth-order valence-corrected chi connectivity index (χ4v) is 1.98. The Bertz CT molecular complexity index is 660. The van der Waals surface area contributed by atoms with Crippen molar-refractivity contribution < 1.29 is 9.90 Å². The van der Waals surface area contributed by atoms with Gasteiger partial charge >= 0.3 is 5.97 Å². The number of aliphatic imine (C=N–C) groups is 1. The van der Waals surface area contributed by atoms with E-state index in [9.17, 15) is 9.90 Å². The highest BCUT2D eigenvalue weighted by atomic mass is 16.4. The molecule has 1 aliphatic carbocycles. The summed E-state index contributed by atoms with van der Waals surface area (Å²) in [6, 6.07) is 7.36. The summed E-state index contributed by atoms with van der Waals surface area (Å²) < 4.78 is 0. The molecule has 1 aliphatic heterocycles. The molecule has 3 rings (SSSR count). The molecule has 0 fully saturated rings. The van der Waals surface area contributed by atoms with E-state index in [-0.39, 0.29) is 0 Å². The van der Waals surface area contributed by atoms with E-state index in [2.05, 4.69) is 15.2 Å². The summed E-state index contributed by atoms with van der Waals surface area (Å²) >= 11 is 0. The van der Waals surface area contributed by atoms with Crippen molar-refractivity contribution in [3.63, 3.8) is 0 Å². The number of carboxylic acids is 1. The van der Waals surface area contributed by atoms with Gasteiger partial charge in [0.1, 0.15) is 12.0 Å². The first-order valence-electron chi connectivity index (χ1n) is 4.75. The van der Waals surface area contributed by atoms with Gasteiger partial charge in [-0.15, -0.1) is 10.2 Å². The standard InChI is InChI=1S/C11H7N3O2/c15-10(16)11-5-7-3-1-2-4-8(7)9(11)14-13-6-12-11/h1-6H,(H,15,16). The molecular weight excluding hydrogens is 206 g/mol. The Morgan fingerprint density at radius 1 is 1.31 bits per heavy atom. The van der Waals surface area contributed by atoms with Gasteiger partial charge in [0.2, 0.25) is 5.54 Å². The lowest BCUT2D eigenvalue weighted by molar-refractivity contribution is -0.138. The Labute approximate surface area is 90.2 Å². The monoisotopic (exact) mass is 213 g/mol. The van der Waals surface area contributed by atoms with Gasteiger partial charge in [-0.3, -0.25) is 0 Å². The lowest BCUT2D eigenvalue weighted by atomic mass is 9.99. The van der Waals surface area contributed by atoms with Crippen LogP contribution in [0.15, 0.2) is 39.5 Å². The van der Waals surface area contributed by atoms with E-state index in [1.807, 2.05) is 24.3 Å².